The van der Waals surface area contributed by atoms with Crippen LogP contribution in [0.4, 0.5) is 0 Å². The van der Waals surface area contributed by atoms with Crippen LogP contribution in [0.2, 0.25) is 0 Å². The maximum absolute atomic E-state index is 11.9. The van der Waals surface area contributed by atoms with Crippen LogP contribution in [-0.4, -0.2) is 36.8 Å². The fourth-order valence-corrected chi connectivity index (χ4v) is 2.54. The van der Waals surface area contributed by atoms with E-state index in [-0.39, 0.29) is 0 Å². The summed E-state index contributed by atoms with van der Waals surface area (Å²) in [4.78, 5) is 16.5. The van der Waals surface area contributed by atoms with Crippen LogP contribution in [-0.2, 0) is 11.8 Å². The highest BCUT2D eigenvalue weighted by molar-refractivity contribution is 6.05. The number of aryl methyl sites for hydroxylation is 1. The van der Waals surface area contributed by atoms with Crippen molar-refractivity contribution in [2.24, 2.45) is 7.05 Å². The Hall–Kier alpha value is -2.76. The monoisotopic (exact) mass is 300 g/mol. The number of methoxy groups -OCH3 is 3. The Bertz CT molecular complexity index is 883. The van der Waals surface area contributed by atoms with Crippen molar-refractivity contribution in [3.63, 3.8) is 0 Å². The third-order valence-corrected chi connectivity index (χ3v) is 3.66. The van der Waals surface area contributed by atoms with Gasteiger partial charge in [-0.25, -0.2) is 9.78 Å². The van der Waals surface area contributed by atoms with E-state index in [1.807, 2.05) is 23.7 Å². The maximum atomic E-state index is 11.9. The third kappa shape index (κ3) is 2.04. The van der Waals surface area contributed by atoms with E-state index < -0.39 is 5.97 Å². The number of carbonyl (C=O) groups excluding carboxylic acids is 1. The Balaban J connectivity index is 2.35. The average Bonchev–Trinajstić information content (AvgIpc) is 2.87. The highest BCUT2D eigenvalue weighted by Crippen LogP contribution is 2.33. The fourth-order valence-electron chi connectivity index (χ4n) is 2.54. The molecule has 6 heteroatoms. The molecule has 0 saturated carbocycles. The standard InChI is InChI=1S/C16H16N2O4/c1-18-8-10(16(19)22-4)15-12(18)5-9-6-13(20-2)14(21-3)7-11(9)17-15/h5-8H,1-4H3. The lowest BCUT2D eigenvalue weighted by molar-refractivity contribution is 0.0602. The molecule has 0 fully saturated rings. The third-order valence-electron chi connectivity index (χ3n) is 3.66. The van der Waals surface area contributed by atoms with Crippen molar-refractivity contribution in [1.29, 1.82) is 0 Å². The van der Waals surface area contributed by atoms with Gasteiger partial charge in [0, 0.05) is 24.7 Å². The minimum Gasteiger partial charge on any atom is -0.493 e. The summed E-state index contributed by atoms with van der Waals surface area (Å²) in [5.74, 6) is 0.828. The highest BCUT2D eigenvalue weighted by atomic mass is 16.5. The number of carbonyl (C=O) groups is 1. The minimum absolute atomic E-state index is 0.405. The van der Waals surface area contributed by atoms with E-state index in [0.29, 0.717) is 22.6 Å². The summed E-state index contributed by atoms with van der Waals surface area (Å²) in [5.41, 5.74) is 2.62. The van der Waals surface area contributed by atoms with Gasteiger partial charge in [0.2, 0.25) is 0 Å². The molecule has 0 amide bonds. The number of fused-ring (bicyclic) bond motifs is 2. The van der Waals surface area contributed by atoms with Gasteiger partial charge >= 0.3 is 5.97 Å². The normalized spacial score (nSPS) is 10.9. The van der Waals surface area contributed by atoms with Crippen molar-refractivity contribution in [2.75, 3.05) is 21.3 Å². The van der Waals surface area contributed by atoms with E-state index in [4.69, 9.17) is 14.2 Å². The Morgan fingerprint density at radius 3 is 2.41 bits per heavy atom. The number of aromatic nitrogens is 2. The van der Waals surface area contributed by atoms with Crippen molar-refractivity contribution in [3.8, 4) is 11.5 Å². The zero-order valence-corrected chi connectivity index (χ0v) is 12.8. The molecule has 1 aromatic carbocycles. The van der Waals surface area contributed by atoms with E-state index in [1.165, 1.54) is 7.11 Å². The van der Waals surface area contributed by atoms with Crippen LogP contribution in [0, 0.1) is 0 Å². The summed E-state index contributed by atoms with van der Waals surface area (Å²) in [5, 5.41) is 0.905. The smallest absolute Gasteiger partial charge is 0.341 e. The van der Waals surface area contributed by atoms with Gasteiger partial charge in [0.05, 0.1) is 32.4 Å². The first-order valence-electron chi connectivity index (χ1n) is 6.69. The van der Waals surface area contributed by atoms with Crippen LogP contribution >= 0.6 is 0 Å². The fraction of sp³-hybridized carbons (Fsp3) is 0.250. The number of ether oxygens (including phenoxy) is 3. The number of pyridine rings is 1. The van der Waals surface area contributed by atoms with E-state index in [1.54, 1.807) is 26.5 Å². The molecule has 2 aromatic heterocycles. The lowest BCUT2D eigenvalue weighted by Gasteiger charge is -2.09. The van der Waals surface area contributed by atoms with Gasteiger partial charge in [0.15, 0.2) is 11.5 Å². The first kappa shape index (κ1) is 14.2. The second-order valence-electron chi connectivity index (χ2n) is 4.90. The topological polar surface area (TPSA) is 62.6 Å². The van der Waals surface area contributed by atoms with Crippen LogP contribution in [0.3, 0.4) is 0 Å². The van der Waals surface area contributed by atoms with E-state index in [2.05, 4.69) is 4.98 Å². The number of benzene rings is 1. The molecule has 0 spiro atoms. The molecule has 2 heterocycles. The molecule has 0 bridgehead atoms. The zero-order valence-electron chi connectivity index (χ0n) is 12.8. The summed E-state index contributed by atoms with van der Waals surface area (Å²) < 4.78 is 17.3. The largest absolute Gasteiger partial charge is 0.493 e. The maximum Gasteiger partial charge on any atom is 0.341 e. The van der Waals surface area contributed by atoms with Crippen molar-refractivity contribution in [2.45, 2.75) is 0 Å². The molecule has 0 N–H and O–H groups in total. The summed E-state index contributed by atoms with van der Waals surface area (Å²) in [6.45, 7) is 0. The molecule has 0 aliphatic heterocycles. The first-order valence-corrected chi connectivity index (χ1v) is 6.69. The predicted molar refractivity (Wildman–Crippen MR) is 82.7 cm³/mol. The van der Waals surface area contributed by atoms with Crippen LogP contribution in [0.1, 0.15) is 10.4 Å². The van der Waals surface area contributed by atoms with Crippen LogP contribution in [0.15, 0.2) is 24.4 Å². The summed E-state index contributed by atoms with van der Waals surface area (Å²) >= 11 is 0. The van der Waals surface area contributed by atoms with E-state index in [0.717, 1.165) is 16.4 Å². The molecule has 0 radical (unpaired) electrons. The van der Waals surface area contributed by atoms with Gasteiger partial charge in [-0.15, -0.1) is 0 Å². The Morgan fingerprint density at radius 1 is 1.09 bits per heavy atom. The number of nitrogens with zero attached hydrogens (tertiary/aromatic N) is 2. The summed E-state index contributed by atoms with van der Waals surface area (Å²) in [6.07, 6.45) is 1.72. The summed E-state index contributed by atoms with van der Waals surface area (Å²) in [6, 6.07) is 5.62. The quantitative estimate of drug-likeness (QED) is 0.696. The molecule has 3 aromatic rings. The predicted octanol–water partition coefficient (Wildman–Crippen LogP) is 2.53. The molecular formula is C16H16N2O4. The Labute approximate surface area is 127 Å². The van der Waals surface area contributed by atoms with Crippen LogP contribution < -0.4 is 9.47 Å². The Kier molecular flexibility index (Phi) is 3.36. The second-order valence-corrected chi connectivity index (χ2v) is 4.90. The number of hydrogen-bond acceptors (Lipinski definition) is 5. The first-order chi connectivity index (χ1) is 10.6. The van der Waals surface area contributed by atoms with Gasteiger partial charge < -0.3 is 18.8 Å². The van der Waals surface area contributed by atoms with Gasteiger partial charge in [-0.1, -0.05) is 0 Å². The van der Waals surface area contributed by atoms with Gasteiger partial charge in [-0.3, -0.25) is 0 Å². The van der Waals surface area contributed by atoms with E-state index >= 15 is 0 Å². The molecule has 0 saturated heterocycles. The molecule has 0 aliphatic rings. The molecule has 0 atom stereocenters. The highest BCUT2D eigenvalue weighted by Gasteiger charge is 2.17. The molecule has 3 rings (SSSR count). The lowest BCUT2D eigenvalue weighted by atomic mass is 10.1. The number of esters is 1. The van der Waals surface area contributed by atoms with Crippen molar-refractivity contribution in [1.82, 2.24) is 9.55 Å². The van der Waals surface area contributed by atoms with Gasteiger partial charge in [-0.05, 0) is 12.1 Å². The molecule has 114 valence electrons. The Morgan fingerprint density at radius 2 is 1.77 bits per heavy atom. The number of rotatable bonds is 3. The van der Waals surface area contributed by atoms with Gasteiger partial charge in [-0.2, -0.15) is 0 Å². The van der Waals surface area contributed by atoms with Crippen LogP contribution in [0.25, 0.3) is 21.9 Å². The zero-order chi connectivity index (χ0) is 15.9. The lowest BCUT2D eigenvalue weighted by Crippen LogP contribution is -2.00. The second kappa shape index (κ2) is 5.22. The SMILES string of the molecule is COC(=O)c1cn(C)c2cc3cc(OC)c(OC)cc3nc12. The van der Waals surface area contributed by atoms with Crippen LogP contribution in [0.5, 0.6) is 11.5 Å². The van der Waals surface area contributed by atoms with Crippen molar-refractivity contribution >= 4 is 27.9 Å². The number of hydrogen-bond donors (Lipinski definition) is 0. The molecule has 6 nitrogen and oxygen atoms in total. The van der Waals surface area contributed by atoms with Crippen molar-refractivity contribution in [3.05, 3.63) is 30.0 Å². The van der Waals surface area contributed by atoms with Gasteiger partial charge in [0.25, 0.3) is 0 Å². The minimum atomic E-state index is -0.405. The van der Waals surface area contributed by atoms with Crippen molar-refractivity contribution < 1.29 is 19.0 Å². The molecule has 0 unspecified atom stereocenters. The molecule has 0 aliphatic carbocycles. The summed E-state index contributed by atoms with van der Waals surface area (Å²) in [7, 11) is 6.39. The van der Waals surface area contributed by atoms with Gasteiger partial charge in [0.1, 0.15) is 11.1 Å². The molecule has 22 heavy (non-hydrogen) atoms. The average molecular weight is 300 g/mol. The van der Waals surface area contributed by atoms with E-state index in [9.17, 15) is 4.79 Å². The molecular weight excluding hydrogens is 284 g/mol.